The van der Waals surface area contributed by atoms with Crippen LogP contribution in [0, 0.1) is 10.1 Å². The fourth-order valence-electron chi connectivity index (χ4n) is 2.36. The largest absolute Gasteiger partial charge is 0.418 e. The summed E-state index contributed by atoms with van der Waals surface area (Å²) in [5, 5.41) is 12.9. The van der Waals surface area contributed by atoms with Crippen molar-refractivity contribution in [1.29, 1.82) is 0 Å². The minimum atomic E-state index is -4.63. The Morgan fingerprint density at radius 3 is 2.52 bits per heavy atom. The van der Waals surface area contributed by atoms with Crippen LogP contribution >= 0.6 is 0 Å². The molecule has 0 heterocycles. The van der Waals surface area contributed by atoms with Crippen LogP contribution in [0.5, 0.6) is 0 Å². The summed E-state index contributed by atoms with van der Waals surface area (Å²) in [6.45, 7) is -0.482. The van der Waals surface area contributed by atoms with E-state index in [1.165, 1.54) is 43.5 Å². The molecule has 0 atom stereocenters. The SMILES string of the molecule is CN(CC(=O)Nc1ccccc1C(F)(F)F)C(=O)/C=C/c1cccc([N+](=O)[O-])c1. The van der Waals surface area contributed by atoms with Gasteiger partial charge in [-0.15, -0.1) is 0 Å². The van der Waals surface area contributed by atoms with Crippen LogP contribution in [0.3, 0.4) is 0 Å². The fraction of sp³-hybridized carbons (Fsp3) is 0.158. The molecule has 2 rings (SSSR count). The number of likely N-dealkylation sites (N-methyl/N-ethyl adjacent to an activating group) is 1. The van der Waals surface area contributed by atoms with Crippen LogP contribution in [0.2, 0.25) is 0 Å². The number of nitro groups is 1. The molecule has 0 unspecified atom stereocenters. The molecule has 2 aromatic rings. The zero-order valence-electron chi connectivity index (χ0n) is 15.1. The Morgan fingerprint density at radius 2 is 1.86 bits per heavy atom. The minimum absolute atomic E-state index is 0.143. The number of benzene rings is 2. The maximum Gasteiger partial charge on any atom is 0.418 e. The standard InChI is InChI=1S/C19H16F3N3O4/c1-24(18(27)10-9-13-5-4-6-14(11-13)25(28)29)12-17(26)23-16-8-3-2-7-15(16)19(20,21)22/h2-11H,12H2,1H3,(H,23,26)/b10-9+. The summed E-state index contributed by atoms with van der Waals surface area (Å²) >= 11 is 0. The molecule has 0 saturated carbocycles. The van der Waals surface area contributed by atoms with Gasteiger partial charge in [0.05, 0.1) is 22.7 Å². The number of nitrogens with zero attached hydrogens (tertiary/aromatic N) is 2. The Balaban J connectivity index is 2.00. The van der Waals surface area contributed by atoms with E-state index in [-0.39, 0.29) is 5.69 Å². The number of nitro benzene ring substituents is 1. The number of carbonyl (C=O) groups excluding carboxylic acids is 2. The lowest BCUT2D eigenvalue weighted by Crippen LogP contribution is -2.34. The molecule has 7 nitrogen and oxygen atoms in total. The van der Waals surface area contributed by atoms with Crippen LogP contribution in [-0.4, -0.2) is 35.2 Å². The van der Waals surface area contributed by atoms with Gasteiger partial charge in [0.15, 0.2) is 0 Å². The molecule has 2 aromatic carbocycles. The first kappa shape index (κ1) is 21.6. The molecule has 10 heteroatoms. The lowest BCUT2D eigenvalue weighted by atomic mass is 10.1. The zero-order chi connectivity index (χ0) is 21.6. The summed E-state index contributed by atoms with van der Waals surface area (Å²) in [5.41, 5.74) is -1.13. The Hall–Kier alpha value is -3.69. The maximum atomic E-state index is 13.0. The van der Waals surface area contributed by atoms with Gasteiger partial charge in [0.2, 0.25) is 11.8 Å². The minimum Gasteiger partial charge on any atom is -0.333 e. The molecule has 1 N–H and O–H groups in total. The van der Waals surface area contributed by atoms with Crippen molar-refractivity contribution in [2.45, 2.75) is 6.18 Å². The summed E-state index contributed by atoms with van der Waals surface area (Å²) in [5.74, 6) is -1.41. The average molecular weight is 407 g/mol. The van der Waals surface area contributed by atoms with Gasteiger partial charge in [-0.1, -0.05) is 24.3 Å². The molecule has 0 fully saturated rings. The Kier molecular flexibility index (Phi) is 6.71. The van der Waals surface area contributed by atoms with Gasteiger partial charge in [0.25, 0.3) is 5.69 Å². The van der Waals surface area contributed by atoms with E-state index in [1.807, 2.05) is 0 Å². The van der Waals surface area contributed by atoms with Crippen molar-refractivity contribution in [2.75, 3.05) is 18.9 Å². The van der Waals surface area contributed by atoms with Gasteiger partial charge in [-0.2, -0.15) is 13.2 Å². The molecule has 0 radical (unpaired) electrons. The van der Waals surface area contributed by atoms with Gasteiger partial charge in [0.1, 0.15) is 0 Å². The summed E-state index contributed by atoms with van der Waals surface area (Å²) in [6, 6.07) is 10.1. The van der Waals surface area contributed by atoms with Crippen LogP contribution in [-0.2, 0) is 15.8 Å². The molecule has 0 aliphatic heterocycles. The second kappa shape index (κ2) is 9.00. The number of hydrogen-bond acceptors (Lipinski definition) is 4. The molecule has 0 aromatic heterocycles. The quantitative estimate of drug-likeness (QED) is 0.449. The van der Waals surface area contributed by atoms with Crippen molar-refractivity contribution in [3.8, 4) is 0 Å². The lowest BCUT2D eigenvalue weighted by molar-refractivity contribution is -0.384. The first-order chi connectivity index (χ1) is 13.6. The smallest absolute Gasteiger partial charge is 0.333 e. The lowest BCUT2D eigenvalue weighted by Gasteiger charge is -2.17. The van der Waals surface area contributed by atoms with Crippen LogP contribution in [0.1, 0.15) is 11.1 Å². The molecule has 152 valence electrons. The van der Waals surface area contributed by atoms with E-state index in [4.69, 9.17) is 0 Å². The summed E-state index contributed by atoms with van der Waals surface area (Å²) < 4.78 is 38.9. The molecule has 29 heavy (non-hydrogen) atoms. The molecule has 0 aliphatic rings. The van der Waals surface area contributed by atoms with Crippen LogP contribution < -0.4 is 5.32 Å². The number of carbonyl (C=O) groups is 2. The van der Waals surface area contributed by atoms with Crippen LogP contribution in [0.25, 0.3) is 6.08 Å². The second-order valence-electron chi connectivity index (χ2n) is 5.97. The van der Waals surface area contributed by atoms with E-state index in [0.29, 0.717) is 5.56 Å². The van der Waals surface area contributed by atoms with Crippen molar-refractivity contribution in [1.82, 2.24) is 4.90 Å². The van der Waals surface area contributed by atoms with E-state index in [9.17, 15) is 32.9 Å². The predicted molar refractivity (Wildman–Crippen MR) is 99.8 cm³/mol. The highest BCUT2D eigenvalue weighted by molar-refractivity contribution is 5.98. The van der Waals surface area contributed by atoms with Gasteiger partial charge < -0.3 is 10.2 Å². The van der Waals surface area contributed by atoms with Crippen molar-refractivity contribution in [2.24, 2.45) is 0 Å². The van der Waals surface area contributed by atoms with Gasteiger partial charge in [-0.3, -0.25) is 19.7 Å². The summed E-state index contributed by atoms with van der Waals surface area (Å²) in [6.07, 6.45) is -2.19. The van der Waals surface area contributed by atoms with Gasteiger partial charge in [-0.25, -0.2) is 0 Å². The third-order valence-corrected chi connectivity index (χ3v) is 3.76. The number of amides is 2. The Bertz CT molecular complexity index is 958. The predicted octanol–water partition coefficient (Wildman–Crippen LogP) is 3.72. The fourth-order valence-corrected chi connectivity index (χ4v) is 2.36. The monoisotopic (exact) mass is 407 g/mol. The van der Waals surface area contributed by atoms with Crippen LogP contribution in [0.4, 0.5) is 24.5 Å². The third-order valence-electron chi connectivity index (χ3n) is 3.76. The molecule has 0 aliphatic carbocycles. The van der Waals surface area contributed by atoms with Crippen molar-refractivity contribution in [3.05, 3.63) is 75.8 Å². The number of rotatable bonds is 6. The molecular formula is C19H16F3N3O4. The van der Waals surface area contributed by atoms with E-state index in [0.717, 1.165) is 23.1 Å². The highest BCUT2D eigenvalue weighted by Crippen LogP contribution is 2.34. The number of para-hydroxylation sites is 1. The van der Waals surface area contributed by atoms with E-state index >= 15 is 0 Å². The molecular weight excluding hydrogens is 391 g/mol. The van der Waals surface area contributed by atoms with E-state index in [2.05, 4.69) is 5.32 Å². The van der Waals surface area contributed by atoms with Crippen molar-refractivity contribution in [3.63, 3.8) is 0 Å². The summed E-state index contributed by atoms with van der Waals surface area (Å²) in [4.78, 5) is 35.3. The number of hydrogen-bond donors (Lipinski definition) is 1. The molecule has 2 amide bonds. The normalized spacial score (nSPS) is 11.3. The number of anilines is 1. The third kappa shape index (κ3) is 6.16. The Morgan fingerprint density at radius 1 is 1.17 bits per heavy atom. The number of non-ortho nitro benzene ring substituents is 1. The van der Waals surface area contributed by atoms with E-state index in [1.54, 1.807) is 6.07 Å². The van der Waals surface area contributed by atoms with Gasteiger partial charge in [-0.05, 0) is 23.8 Å². The zero-order valence-corrected chi connectivity index (χ0v) is 15.1. The first-order valence-electron chi connectivity index (χ1n) is 8.21. The number of alkyl halides is 3. The van der Waals surface area contributed by atoms with Gasteiger partial charge >= 0.3 is 6.18 Å². The summed E-state index contributed by atoms with van der Waals surface area (Å²) in [7, 11) is 1.30. The molecule has 0 saturated heterocycles. The molecule has 0 spiro atoms. The average Bonchev–Trinajstić information content (AvgIpc) is 2.65. The molecule has 0 bridgehead atoms. The number of nitrogens with one attached hydrogen (secondary N) is 1. The van der Waals surface area contributed by atoms with Gasteiger partial charge in [0, 0.05) is 25.3 Å². The topological polar surface area (TPSA) is 92.6 Å². The first-order valence-corrected chi connectivity index (χ1v) is 8.21. The highest BCUT2D eigenvalue weighted by Gasteiger charge is 2.33. The Labute approximate surface area is 163 Å². The van der Waals surface area contributed by atoms with Crippen molar-refractivity contribution < 1.29 is 27.7 Å². The van der Waals surface area contributed by atoms with E-state index < -0.39 is 40.7 Å². The maximum absolute atomic E-state index is 13.0. The highest BCUT2D eigenvalue weighted by atomic mass is 19.4. The number of halogens is 3. The van der Waals surface area contributed by atoms with Crippen molar-refractivity contribution >= 4 is 29.3 Å². The van der Waals surface area contributed by atoms with Crippen LogP contribution in [0.15, 0.2) is 54.6 Å². The second-order valence-corrected chi connectivity index (χ2v) is 5.97.